The number of fused-ring (bicyclic) bond motifs is 3. The van der Waals surface area contributed by atoms with E-state index in [-0.39, 0.29) is 0 Å². The molecular formula is C51H36N4Si. The SMILES string of the molecule is c1ccc(-c2ccc([Si](c3ccccc3)(c3ccccc3)c3ccc4c(c3)c3ccccc3n4-c3nc(-c4ccccc4)nc(-c4ccccc4)n3)cc2)cc1. The molecule has 56 heavy (non-hydrogen) atoms. The lowest BCUT2D eigenvalue weighted by Gasteiger charge is -2.34. The van der Waals surface area contributed by atoms with Crippen LogP contribution in [0, 0.1) is 0 Å². The Morgan fingerprint density at radius 1 is 0.304 bits per heavy atom. The summed E-state index contributed by atoms with van der Waals surface area (Å²) in [6.07, 6.45) is 0. The lowest BCUT2D eigenvalue weighted by molar-refractivity contribution is 0.953. The molecule has 0 atom stereocenters. The summed E-state index contributed by atoms with van der Waals surface area (Å²) < 4.78 is 2.21. The Kier molecular flexibility index (Phi) is 8.47. The lowest BCUT2D eigenvalue weighted by Crippen LogP contribution is -2.74. The molecule has 10 rings (SSSR count). The summed E-state index contributed by atoms with van der Waals surface area (Å²) in [4.78, 5) is 15.3. The van der Waals surface area contributed by atoms with Crippen LogP contribution in [-0.4, -0.2) is 27.6 Å². The Hall–Kier alpha value is -7.21. The van der Waals surface area contributed by atoms with Gasteiger partial charge < -0.3 is 0 Å². The molecule has 0 saturated heterocycles. The lowest BCUT2D eigenvalue weighted by atomic mass is 10.1. The molecule has 0 spiro atoms. The van der Waals surface area contributed by atoms with Crippen molar-refractivity contribution >= 4 is 50.6 Å². The summed E-state index contributed by atoms with van der Waals surface area (Å²) in [6.45, 7) is 0. The van der Waals surface area contributed by atoms with E-state index in [1.807, 2.05) is 36.4 Å². The summed E-state index contributed by atoms with van der Waals surface area (Å²) in [5, 5.41) is 7.61. The van der Waals surface area contributed by atoms with Gasteiger partial charge in [-0.05, 0) is 44.0 Å². The number of aromatic nitrogens is 4. The van der Waals surface area contributed by atoms with Gasteiger partial charge in [0.05, 0.1) is 11.0 Å². The van der Waals surface area contributed by atoms with Gasteiger partial charge in [-0.1, -0.05) is 206 Å². The quantitative estimate of drug-likeness (QED) is 0.116. The van der Waals surface area contributed by atoms with E-state index < -0.39 is 8.07 Å². The van der Waals surface area contributed by atoms with Crippen molar-refractivity contribution in [2.24, 2.45) is 0 Å². The molecule has 2 heterocycles. The molecule has 0 aliphatic carbocycles. The van der Waals surface area contributed by atoms with Crippen molar-refractivity contribution in [1.29, 1.82) is 0 Å². The molecule has 0 aliphatic heterocycles. The van der Waals surface area contributed by atoms with Crippen LogP contribution in [-0.2, 0) is 0 Å². The summed E-state index contributed by atoms with van der Waals surface area (Å²) in [7, 11) is -2.86. The van der Waals surface area contributed by atoms with E-state index >= 15 is 0 Å². The van der Waals surface area contributed by atoms with E-state index in [1.54, 1.807) is 0 Å². The second kappa shape index (κ2) is 14.2. The Morgan fingerprint density at radius 3 is 1.27 bits per heavy atom. The van der Waals surface area contributed by atoms with Gasteiger partial charge in [-0.25, -0.2) is 4.98 Å². The summed E-state index contributed by atoms with van der Waals surface area (Å²) in [5.41, 5.74) is 6.39. The van der Waals surface area contributed by atoms with Crippen molar-refractivity contribution in [2.45, 2.75) is 0 Å². The zero-order chi connectivity index (χ0) is 37.3. The zero-order valence-corrected chi connectivity index (χ0v) is 31.6. The highest BCUT2D eigenvalue weighted by Gasteiger charge is 2.41. The van der Waals surface area contributed by atoms with Gasteiger partial charge in [-0.3, -0.25) is 4.57 Å². The van der Waals surface area contributed by atoms with Crippen LogP contribution in [0.25, 0.3) is 61.7 Å². The number of nitrogens with zero attached hydrogens (tertiary/aromatic N) is 4. The van der Waals surface area contributed by atoms with E-state index in [9.17, 15) is 0 Å². The Bertz CT molecular complexity index is 2830. The fraction of sp³-hybridized carbons (Fsp3) is 0. The van der Waals surface area contributed by atoms with Crippen LogP contribution < -0.4 is 20.7 Å². The number of benzene rings is 8. The van der Waals surface area contributed by atoms with E-state index in [4.69, 9.17) is 15.0 Å². The molecule has 0 bridgehead atoms. The molecule has 10 aromatic rings. The third-order valence-corrected chi connectivity index (χ3v) is 15.6. The predicted molar refractivity (Wildman–Crippen MR) is 234 cm³/mol. The monoisotopic (exact) mass is 732 g/mol. The first-order valence-electron chi connectivity index (χ1n) is 19.0. The normalized spacial score (nSPS) is 11.6. The minimum absolute atomic E-state index is 0.586. The number of hydrogen-bond acceptors (Lipinski definition) is 3. The molecule has 0 fully saturated rings. The van der Waals surface area contributed by atoms with E-state index in [0.29, 0.717) is 17.6 Å². The second-order valence-electron chi connectivity index (χ2n) is 14.0. The maximum atomic E-state index is 5.17. The first kappa shape index (κ1) is 33.4. The largest absolute Gasteiger partial charge is 0.278 e. The highest BCUT2D eigenvalue weighted by molar-refractivity contribution is 7.20. The van der Waals surface area contributed by atoms with Crippen LogP contribution >= 0.6 is 0 Å². The molecular weight excluding hydrogens is 697 g/mol. The van der Waals surface area contributed by atoms with Gasteiger partial charge in [-0.15, -0.1) is 0 Å². The van der Waals surface area contributed by atoms with Crippen LogP contribution in [0.4, 0.5) is 0 Å². The predicted octanol–water partition coefficient (Wildman–Crippen LogP) is 9.35. The summed E-state index contributed by atoms with van der Waals surface area (Å²) in [6, 6.07) is 78.2. The topological polar surface area (TPSA) is 43.6 Å². The van der Waals surface area contributed by atoms with Crippen molar-refractivity contribution < 1.29 is 0 Å². The van der Waals surface area contributed by atoms with Crippen molar-refractivity contribution in [3.05, 3.63) is 218 Å². The average Bonchev–Trinajstić information content (AvgIpc) is 3.62. The standard InChI is InChI=1S/C51H36N4Si/c1-6-18-37(19-7-1)38-30-32-43(33-31-38)56(41-24-12-4-13-25-41,42-26-14-5-15-27-42)44-34-35-48-46(36-44)45-28-16-17-29-47(45)55(48)51-53-49(39-20-8-2-9-21-39)52-50(54-51)40-22-10-3-11-23-40/h1-36H. The zero-order valence-electron chi connectivity index (χ0n) is 30.6. The molecule has 0 saturated carbocycles. The third kappa shape index (κ3) is 5.73. The van der Waals surface area contributed by atoms with Crippen molar-refractivity contribution in [3.63, 3.8) is 0 Å². The van der Waals surface area contributed by atoms with Gasteiger partial charge in [0.2, 0.25) is 5.95 Å². The molecule has 5 heteroatoms. The molecule has 8 aromatic carbocycles. The van der Waals surface area contributed by atoms with Gasteiger partial charge in [0.15, 0.2) is 19.7 Å². The molecule has 0 N–H and O–H groups in total. The highest BCUT2D eigenvalue weighted by Crippen LogP contribution is 2.32. The number of para-hydroxylation sites is 1. The molecule has 0 aliphatic rings. The third-order valence-electron chi connectivity index (χ3n) is 10.8. The highest BCUT2D eigenvalue weighted by atomic mass is 28.3. The molecule has 0 unspecified atom stereocenters. The molecule has 264 valence electrons. The Labute approximate surface area is 327 Å². The fourth-order valence-electron chi connectivity index (χ4n) is 8.24. The maximum absolute atomic E-state index is 5.17. The van der Waals surface area contributed by atoms with Gasteiger partial charge in [0.1, 0.15) is 0 Å². The van der Waals surface area contributed by atoms with Crippen LogP contribution in [0.5, 0.6) is 0 Å². The van der Waals surface area contributed by atoms with Crippen molar-refractivity contribution in [2.75, 3.05) is 0 Å². The smallest absolute Gasteiger partial charge is 0.238 e. The first-order valence-corrected chi connectivity index (χ1v) is 21.0. The molecule has 4 nitrogen and oxygen atoms in total. The maximum Gasteiger partial charge on any atom is 0.238 e. The number of rotatable bonds is 8. The Balaban J connectivity index is 1.24. The van der Waals surface area contributed by atoms with Crippen molar-refractivity contribution in [1.82, 2.24) is 19.5 Å². The van der Waals surface area contributed by atoms with Gasteiger partial charge in [-0.2, -0.15) is 9.97 Å². The first-order chi connectivity index (χ1) is 27.8. The average molecular weight is 733 g/mol. The van der Waals surface area contributed by atoms with Gasteiger partial charge in [0.25, 0.3) is 0 Å². The van der Waals surface area contributed by atoms with Crippen LogP contribution in [0.15, 0.2) is 218 Å². The van der Waals surface area contributed by atoms with Gasteiger partial charge in [0, 0.05) is 21.9 Å². The van der Waals surface area contributed by atoms with Gasteiger partial charge >= 0.3 is 0 Å². The minimum Gasteiger partial charge on any atom is -0.278 e. The van der Waals surface area contributed by atoms with E-state index in [1.165, 1.54) is 31.9 Å². The summed E-state index contributed by atoms with van der Waals surface area (Å²) in [5.74, 6) is 1.86. The molecule has 0 radical (unpaired) electrons. The van der Waals surface area contributed by atoms with E-state index in [0.717, 1.165) is 32.9 Å². The Morgan fingerprint density at radius 2 is 0.714 bits per heavy atom. The fourth-order valence-corrected chi connectivity index (χ4v) is 13.0. The minimum atomic E-state index is -2.86. The van der Waals surface area contributed by atoms with Crippen LogP contribution in [0.3, 0.4) is 0 Å². The van der Waals surface area contributed by atoms with Crippen molar-refractivity contribution in [3.8, 4) is 39.9 Å². The second-order valence-corrected chi connectivity index (χ2v) is 17.8. The van der Waals surface area contributed by atoms with Crippen LogP contribution in [0.1, 0.15) is 0 Å². The molecule has 2 aromatic heterocycles. The number of hydrogen-bond donors (Lipinski definition) is 0. The molecule has 0 amide bonds. The van der Waals surface area contributed by atoms with Crippen LogP contribution in [0.2, 0.25) is 0 Å². The van der Waals surface area contributed by atoms with E-state index in [2.05, 4.69) is 187 Å². The summed E-state index contributed by atoms with van der Waals surface area (Å²) >= 11 is 0.